The number of aromatic carboxylic acids is 1. The molecule has 0 aromatic carbocycles. The summed E-state index contributed by atoms with van der Waals surface area (Å²) < 4.78 is 0. The highest BCUT2D eigenvalue weighted by molar-refractivity contribution is 7.09. The van der Waals surface area contributed by atoms with Crippen molar-refractivity contribution in [2.75, 3.05) is 0 Å². The van der Waals surface area contributed by atoms with Crippen LogP contribution in [-0.4, -0.2) is 32.2 Å². The molecular weight excluding hydrogens is 268 g/mol. The van der Waals surface area contributed by atoms with Gasteiger partial charge in [-0.2, -0.15) is 5.10 Å². The molecule has 7 nitrogen and oxygen atoms in total. The van der Waals surface area contributed by atoms with Crippen molar-refractivity contribution in [3.05, 3.63) is 33.5 Å². The van der Waals surface area contributed by atoms with E-state index in [2.05, 4.69) is 20.5 Å². The lowest BCUT2D eigenvalue weighted by Crippen LogP contribution is -2.27. The predicted molar refractivity (Wildman–Crippen MR) is 68.3 cm³/mol. The van der Waals surface area contributed by atoms with E-state index >= 15 is 0 Å². The van der Waals surface area contributed by atoms with Crippen molar-refractivity contribution in [2.45, 2.75) is 19.9 Å². The minimum absolute atomic E-state index is 0.0169. The highest BCUT2D eigenvalue weighted by Crippen LogP contribution is 2.18. The Hall–Kier alpha value is -2.22. The lowest BCUT2D eigenvalue weighted by atomic mass is 10.3. The number of nitrogens with zero attached hydrogens (tertiary/aromatic N) is 2. The van der Waals surface area contributed by atoms with Gasteiger partial charge in [0.2, 0.25) is 0 Å². The molecule has 0 saturated carbocycles. The third-order valence-electron chi connectivity index (χ3n) is 2.40. The monoisotopic (exact) mass is 280 g/mol. The van der Waals surface area contributed by atoms with Gasteiger partial charge in [-0.15, -0.1) is 11.3 Å². The molecule has 0 fully saturated rings. The van der Waals surface area contributed by atoms with Crippen LogP contribution in [-0.2, 0) is 0 Å². The van der Waals surface area contributed by atoms with E-state index in [-0.39, 0.29) is 17.6 Å². The third kappa shape index (κ3) is 2.97. The van der Waals surface area contributed by atoms with Gasteiger partial charge in [0.15, 0.2) is 5.69 Å². The maximum absolute atomic E-state index is 11.8. The predicted octanol–water partition coefficient (Wildman–Crippen LogP) is 1.36. The van der Waals surface area contributed by atoms with Crippen LogP contribution in [0, 0.1) is 6.92 Å². The van der Waals surface area contributed by atoms with Gasteiger partial charge >= 0.3 is 5.97 Å². The van der Waals surface area contributed by atoms with Crippen LogP contribution in [0.25, 0.3) is 0 Å². The Morgan fingerprint density at radius 3 is 2.74 bits per heavy atom. The second kappa shape index (κ2) is 5.19. The molecule has 3 N–H and O–H groups in total. The standard InChI is InChI=1S/C11H12N4O3S/c1-5-3-7(15-14-5)9(16)12-6(2)10-13-8(4-19-10)11(17)18/h3-4,6H,1-2H3,(H,12,16)(H,14,15)(H,17,18). The number of aromatic nitrogens is 3. The molecule has 19 heavy (non-hydrogen) atoms. The van der Waals surface area contributed by atoms with Crippen molar-refractivity contribution in [2.24, 2.45) is 0 Å². The number of amides is 1. The first-order valence-corrected chi connectivity index (χ1v) is 6.37. The molecule has 0 radical (unpaired) electrons. The maximum atomic E-state index is 11.8. The molecule has 0 aliphatic carbocycles. The summed E-state index contributed by atoms with van der Waals surface area (Å²) in [6.45, 7) is 3.54. The summed E-state index contributed by atoms with van der Waals surface area (Å²) in [5, 5.41) is 20.0. The SMILES string of the molecule is Cc1cc(C(=O)NC(C)c2nc(C(=O)O)cs2)n[nH]1. The number of carboxylic acids is 1. The van der Waals surface area contributed by atoms with E-state index in [4.69, 9.17) is 5.11 Å². The Morgan fingerprint density at radius 1 is 1.47 bits per heavy atom. The summed E-state index contributed by atoms with van der Waals surface area (Å²) >= 11 is 1.19. The zero-order valence-corrected chi connectivity index (χ0v) is 11.1. The van der Waals surface area contributed by atoms with Crippen molar-refractivity contribution in [1.82, 2.24) is 20.5 Å². The van der Waals surface area contributed by atoms with E-state index in [1.165, 1.54) is 16.7 Å². The summed E-state index contributed by atoms with van der Waals surface area (Å²) in [4.78, 5) is 26.5. The fraction of sp³-hybridized carbons (Fsp3) is 0.273. The van der Waals surface area contributed by atoms with Crippen LogP contribution in [0.15, 0.2) is 11.4 Å². The first kappa shape index (κ1) is 13.2. The molecule has 2 aromatic rings. The van der Waals surface area contributed by atoms with Crippen LogP contribution in [0.3, 0.4) is 0 Å². The first-order valence-electron chi connectivity index (χ1n) is 5.49. The molecule has 0 aliphatic rings. The number of aromatic amines is 1. The molecule has 0 bridgehead atoms. The van der Waals surface area contributed by atoms with Gasteiger partial charge in [0, 0.05) is 11.1 Å². The van der Waals surface area contributed by atoms with Crippen LogP contribution < -0.4 is 5.32 Å². The van der Waals surface area contributed by atoms with Crippen LogP contribution >= 0.6 is 11.3 Å². The van der Waals surface area contributed by atoms with Gasteiger partial charge in [-0.1, -0.05) is 0 Å². The van der Waals surface area contributed by atoms with E-state index in [0.29, 0.717) is 10.7 Å². The highest BCUT2D eigenvalue weighted by atomic mass is 32.1. The molecule has 0 aliphatic heterocycles. The zero-order chi connectivity index (χ0) is 14.0. The molecule has 2 heterocycles. The smallest absolute Gasteiger partial charge is 0.355 e. The van der Waals surface area contributed by atoms with Crippen LogP contribution in [0.5, 0.6) is 0 Å². The van der Waals surface area contributed by atoms with Gasteiger partial charge in [-0.05, 0) is 19.9 Å². The van der Waals surface area contributed by atoms with Crippen molar-refractivity contribution >= 4 is 23.2 Å². The number of aryl methyl sites for hydroxylation is 1. The molecular formula is C11H12N4O3S. The maximum Gasteiger partial charge on any atom is 0.355 e. The molecule has 1 amide bonds. The average Bonchev–Trinajstić information content (AvgIpc) is 2.96. The largest absolute Gasteiger partial charge is 0.476 e. The van der Waals surface area contributed by atoms with Gasteiger partial charge in [-0.3, -0.25) is 9.89 Å². The molecule has 1 atom stereocenters. The first-order chi connectivity index (χ1) is 8.97. The fourth-order valence-corrected chi connectivity index (χ4v) is 2.25. The van der Waals surface area contributed by atoms with Crippen molar-refractivity contribution in [1.29, 1.82) is 0 Å². The fourth-order valence-electron chi connectivity index (χ4n) is 1.45. The van der Waals surface area contributed by atoms with Gasteiger partial charge in [0.25, 0.3) is 5.91 Å². The number of hydrogen-bond donors (Lipinski definition) is 3. The summed E-state index contributed by atoms with van der Waals surface area (Å²) in [6, 6.07) is 1.26. The zero-order valence-electron chi connectivity index (χ0n) is 10.3. The average molecular weight is 280 g/mol. The van der Waals surface area contributed by atoms with Gasteiger partial charge in [0.1, 0.15) is 10.7 Å². The Balaban J connectivity index is 2.05. The molecule has 1 unspecified atom stereocenters. The van der Waals surface area contributed by atoms with E-state index in [1.54, 1.807) is 19.9 Å². The number of carboxylic acid groups (broad SMARTS) is 1. The molecule has 2 aromatic heterocycles. The van der Waals surface area contributed by atoms with Crippen LogP contribution in [0.4, 0.5) is 0 Å². The van der Waals surface area contributed by atoms with E-state index in [9.17, 15) is 9.59 Å². The van der Waals surface area contributed by atoms with E-state index in [1.807, 2.05) is 0 Å². The Bertz CT molecular complexity index is 619. The van der Waals surface area contributed by atoms with Gasteiger partial charge in [-0.25, -0.2) is 9.78 Å². The molecule has 0 saturated heterocycles. The Morgan fingerprint density at radius 2 is 2.21 bits per heavy atom. The second-order valence-corrected chi connectivity index (χ2v) is 4.90. The number of H-pyrrole nitrogens is 1. The number of nitrogens with one attached hydrogen (secondary N) is 2. The molecule has 0 spiro atoms. The summed E-state index contributed by atoms with van der Waals surface area (Å²) in [6.07, 6.45) is 0. The number of hydrogen-bond acceptors (Lipinski definition) is 5. The molecule has 8 heteroatoms. The Labute approximate surface area is 112 Å². The van der Waals surface area contributed by atoms with Crippen molar-refractivity contribution in [3.63, 3.8) is 0 Å². The van der Waals surface area contributed by atoms with E-state index < -0.39 is 5.97 Å². The second-order valence-electron chi connectivity index (χ2n) is 4.01. The third-order valence-corrected chi connectivity index (χ3v) is 3.43. The normalized spacial score (nSPS) is 12.1. The van der Waals surface area contributed by atoms with Crippen LogP contribution in [0.1, 0.15) is 44.6 Å². The summed E-state index contributed by atoms with van der Waals surface area (Å²) in [7, 11) is 0. The van der Waals surface area contributed by atoms with Crippen LogP contribution in [0.2, 0.25) is 0 Å². The lowest BCUT2D eigenvalue weighted by molar-refractivity contribution is 0.0691. The van der Waals surface area contributed by atoms with Gasteiger partial charge < -0.3 is 10.4 Å². The summed E-state index contributed by atoms with van der Waals surface area (Å²) in [5.41, 5.74) is 1.07. The molecule has 100 valence electrons. The number of carbonyl (C=O) groups excluding carboxylic acids is 1. The summed E-state index contributed by atoms with van der Waals surface area (Å²) in [5.74, 6) is -1.41. The number of rotatable bonds is 4. The number of carbonyl (C=O) groups is 2. The van der Waals surface area contributed by atoms with Gasteiger partial charge in [0.05, 0.1) is 6.04 Å². The quantitative estimate of drug-likeness (QED) is 0.783. The minimum atomic E-state index is -1.08. The van der Waals surface area contributed by atoms with Crippen molar-refractivity contribution in [3.8, 4) is 0 Å². The Kier molecular flexibility index (Phi) is 3.61. The minimum Gasteiger partial charge on any atom is -0.476 e. The lowest BCUT2D eigenvalue weighted by Gasteiger charge is -2.09. The van der Waals surface area contributed by atoms with E-state index in [0.717, 1.165) is 5.69 Å². The number of thiazole rings is 1. The topological polar surface area (TPSA) is 108 Å². The highest BCUT2D eigenvalue weighted by Gasteiger charge is 2.17. The molecule has 2 rings (SSSR count). The van der Waals surface area contributed by atoms with Crippen molar-refractivity contribution < 1.29 is 14.7 Å².